The second-order valence-electron chi connectivity index (χ2n) is 5.37. The smallest absolute Gasteiger partial charge is 0.240 e. The van der Waals surface area contributed by atoms with E-state index in [0.29, 0.717) is 17.6 Å². The fourth-order valence-corrected chi connectivity index (χ4v) is 3.39. The first kappa shape index (κ1) is 13.5. The van der Waals surface area contributed by atoms with E-state index in [2.05, 4.69) is 22.1 Å². The van der Waals surface area contributed by atoms with Crippen molar-refractivity contribution in [3.63, 3.8) is 0 Å². The first-order valence-corrected chi connectivity index (χ1v) is 7.57. The van der Waals surface area contributed by atoms with Crippen LogP contribution in [0.1, 0.15) is 6.92 Å². The fraction of sp³-hybridized carbons (Fsp3) is 0.429. The molecule has 1 aliphatic heterocycles. The topological polar surface area (TPSA) is 71.2 Å². The Kier molecular flexibility index (Phi) is 3.69. The van der Waals surface area contributed by atoms with Crippen LogP contribution in [0.3, 0.4) is 0 Å². The number of hydrogen-bond donors (Lipinski definition) is 2. The van der Waals surface area contributed by atoms with Crippen LogP contribution in [0.15, 0.2) is 24.3 Å². The van der Waals surface area contributed by atoms with E-state index in [0.717, 1.165) is 23.3 Å². The minimum Gasteiger partial charge on any atom is -0.326 e. The molecule has 5 nitrogen and oxygen atoms in total. The third-order valence-corrected chi connectivity index (χ3v) is 4.61. The lowest BCUT2D eigenvalue weighted by Gasteiger charge is -2.13. The molecule has 0 spiro atoms. The van der Waals surface area contributed by atoms with Gasteiger partial charge in [0.2, 0.25) is 5.91 Å². The van der Waals surface area contributed by atoms with E-state index in [1.807, 2.05) is 24.3 Å². The Morgan fingerprint density at radius 2 is 2.30 bits per heavy atom. The molecule has 0 radical (unpaired) electrons. The molecule has 3 rings (SSSR count). The standard InChI is InChI=1S/C14H18N4OS/c1-9-6-18(7-10(9)15)8-13(19)17-14-16-11-4-2-3-5-12(11)20-14/h2-5,9-10H,6-8,15H2,1H3,(H,16,17,19). The lowest BCUT2D eigenvalue weighted by atomic mass is 10.1. The van der Waals surface area contributed by atoms with Crippen molar-refractivity contribution in [1.29, 1.82) is 0 Å². The number of para-hydroxylation sites is 1. The van der Waals surface area contributed by atoms with Crippen molar-refractivity contribution in [2.45, 2.75) is 13.0 Å². The first-order chi connectivity index (χ1) is 9.61. The van der Waals surface area contributed by atoms with Gasteiger partial charge in [-0.2, -0.15) is 0 Å². The lowest BCUT2D eigenvalue weighted by Crippen LogP contribution is -2.33. The number of carbonyl (C=O) groups is 1. The van der Waals surface area contributed by atoms with Crippen molar-refractivity contribution in [3.05, 3.63) is 24.3 Å². The minimum absolute atomic E-state index is 0.0228. The van der Waals surface area contributed by atoms with Gasteiger partial charge >= 0.3 is 0 Å². The molecule has 0 aliphatic carbocycles. The highest BCUT2D eigenvalue weighted by atomic mass is 32.1. The third kappa shape index (κ3) is 2.82. The van der Waals surface area contributed by atoms with Gasteiger partial charge in [-0.15, -0.1) is 0 Å². The van der Waals surface area contributed by atoms with Gasteiger partial charge in [-0.3, -0.25) is 9.69 Å². The van der Waals surface area contributed by atoms with E-state index in [1.54, 1.807) is 0 Å². The third-order valence-electron chi connectivity index (χ3n) is 3.65. The maximum Gasteiger partial charge on any atom is 0.240 e. The maximum absolute atomic E-state index is 12.0. The molecule has 3 N–H and O–H groups in total. The van der Waals surface area contributed by atoms with Crippen LogP contribution in [0.4, 0.5) is 5.13 Å². The van der Waals surface area contributed by atoms with Gasteiger partial charge < -0.3 is 11.1 Å². The number of carbonyl (C=O) groups excluding carboxylic acids is 1. The molecular formula is C14H18N4OS. The Morgan fingerprint density at radius 3 is 3.00 bits per heavy atom. The van der Waals surface area contributed by atoms with Crippen LogP contribution in [0.25, 0.3) is 10.2 Å². The van der Waals surface area contributed by atoms with Crippen molar-refractivity contribution in [3.8, 4) is 0 Å². The first-order valence-electron chi connectivity index (χ1n) is 6.75. The molecule has 106 valence electrons. The lowest BCUT2D eigenvalue weighted by molar-refractivity contribution is -0.117. The molecule has 2 unspecified atom stereocenters. The Bertz CT molecular complexity index is 583. The zero-order chi connectivity index (χ0) is 14.1. The van der Waals surface area contributed by atoms with Gasteiger partial charge in [0.25, 0.3) is 0 Å². The predicted molar refractivity (Wildman–Crippen MR) is 81.8 cm³/mol. The Morgan fingerprint density at radius 1 is 1.50 bits per heavy atom. The molecular weight excluding hydrogens is 272 g/mol. The number of likely N-dealkylation sites (tertiary alicyclic amines) is 1. The summed E-state index contributed by atoms with van der Waals surface area (Å²) in [5.41, 5.74) is 6.89. The van der Waals surface area contributed by atoms with Crippen LogP contribution >= 0.6 is 11.3 Å². The molecule has 1 fully saturated rings. The molecule has 1 saturated heterocycles. The van der Waals surface area contributed by atoms with E-state index in [4.69, 9.17) is 5.73 Å². The Labute approximate surface area is 121 Å². The molecule has 0 saturated carbocycles. The van der Waals surface area contributed by atoms with Gasteiger partial charge in [-0.1, -0.05) is 30.4 Å². The van der Waals surface area contributed by atoms with E-state index in [-0.39, 0.29) is 11.9 Å². The van der Waals surface area contributed by atoms with Gasteiger partial charge in [-0.25, -0.2) is 4.98 Å². The van der Waals surface area contributed by atoms with E-state index >= 15 is 0 Å². The molecule has 1 aromatic carbocycles. The molecule has 2 aromatic rings. The quantitative estimate of drug-likeness (QED) is 0.899. The normalized spacial score (nSPS) is 23.3. The number of hydrogen-bond acceptors (Lipinski definition) is 5. The summed E-state index contributed by atoms with van der Waals surface area (Å²) >= 11 is 1.50. The van der Waals surface area contributed by atoms with Crippen molar-refractivity contribution >= 4 is 32.6 Å². The number of nitrogens with two attached hydrogens (primary N) is 1. The number of aromatic nitrogens is 1. The van der Waals surface area contributed by atoms with Gasteiger partial charge in [0.15, 0.2) is 5.13 Å². The molecule has 2 heterocycles. The van der Waals surface area contributed by atoms with Gasteiger partial charge in [0.1, 0.15) is 0 Å². The van der Waals surface area contributed by atoms with Crippen LogP contribution in [0, 0.1) is 5.92 Å². The number of thiazole rings is 1. The van der Waals surface area contributed by atoms with E-state index in [1.165, 1.54) is 11.3 Å². The Hall–Kier alpha value is -1.50. The van der Waals surface area contributed by atoms with Gasteiger partial charge in [0, 0.05) is 19.1 Å². The number of benzene rings is 1. The molecule has 0 bridgehead atoms. The minimum atomic E-state index is -0.0228. The zero-order valence-corrected chi connectivity index (χ0v) is 12.2. The van der Waals surface area contributed by atoms with Crippen molar-refractivity contribution in [2.75, 3.05) is 25.0 Å². The Balaban J connectivity index is 1.61. The molecule has 2 atom stereocenters. The van der Waals surface area contributed by atoms with Crippen LogP contribution in [-0.4, -0.2) is 41.5 Å². The second-order valence-corrected chi connectivity index (χ2v) is 6.40. The monoisotopic (exact) mass is 290 g/mol. The zero-order valence-electron chi connectivity index (χ0n) is 11.4. The summed E-state index contributed by atoms with van der Waals surface area (Å²) in [5.74, 6) is 0.426. The fourth-order valence-electron chi connectivity index (χ4n) is 2.51. The van der Waals surface area contributed by atoms with Crippen LogP contribution < -0.4 is 11.1 Å². The van der Waals surface area contributed by atoms with Crippen LogP contribution in [-0.2, 0) is 4.79 Å². The average Bonchev–Trinajstić information content (AvgIpc) is 2.92. The van der Waals surface area contributed by atoms with Crippen molar-refractivity contribution in [1.82, 2.24) is 9.88 Å². The summed E-state index contributed by atoms with van der Waals surface area (Å²) in [7, 11) is 0. The van der Waals surface area contributed by atoms with Gasteiger partial charge in [0.05, 0.1) is 16.8 Å². The predicted octanol–water partition coefficient (Wildman–Crippen LogP) is 1.51. The number of nitrogens with zero attached hydrogens (tertiary/aromatic N) is 2. The average molecular weight is 290 g/mol. The molecule has 1 aromatic heterocycles. The number of fused-ring (bicyclic) bond motifs is 1. The summed E-state index contributed by atoms with van der Waals surface area (Å²) in [6, 6.07) is 8.04. The maximum atomic E-state index is 12.0. The second kappa shape index (κ2) is 5.47. The SMILES string of the molecule is CC1CN(CC(=O)Nc2nc3ccccc3s2)CC1N. The summed E-state index contributed by atoms with van der Waals surface area (Å²) in [5, 5.41) is 3.53. The van der Waals surface area contributed by atoms with Gasteiger partial charge in [-0.05, 0) is 18.1 Å². The van der Waals surface area contributed by atoms with Crippen molar-refractivity contribution < 1.29 is 4.79 Å². The number of nitrogens with one attached hydrogen (secondary N) is 1. The van der Waals surface area contributed by atoms with Crippen molar-refractivity contribution in [2.24, 2.45) is 11.7 Å². The van der Waals surface area contributed by atoms with Crippen LogP contribution in [0.5, 0.6) is 0 Å². The highest BCUT2D eigenvalue weighted by Crippen LogP contribution is 2.25. The molecule has 20 heavy (non-hydrogen) atoms. The number of rotatable bonds is 3. The molecule has 6 heteroatoms. The van der Waals surface area contributed by atoms with E-state index in [9.17, 15) is 4.79 Å². The number of amides is 1. The summed E-state index contributed by atoms with van der Waals surface area (Å²) in [6.07, 6.45) is 0. The van der Waals surface area contributed by atoms with E-state index < -0.39 is 0 Å². The van der Waals surface area contributed by atoms with Crippen LogP contribution in [0.2, 0.25) is 0 Å². The highest BCUT2D eigenvalue weighted by Gasteiger charge is 2.27. The summed E-state index contributed by atoms with van der Waals surface area (Å²) in [6.45, 7) is 4.17. The number of anilines is 1. The summed E-state index contributed by atoms with van der Waals surface area (Å²) in [4.78, 5) is 18.5. The summed E-state index contributed by atoms with van der Waals surface area (Å²) < 4.78 is 1.08. The molecule has 1 aliphatic rings. The highest BCUT2D eigenvalue weighted by molar-refractivity contribution is 7.22. The molecule has 1 amide bonds. The largest absolute Gasteiger partial charge is 0.326 e.